The monoisotopic (exact) mass is 376 g/mol. The van der Waals surface area contributed by atoms with E-state index in [9.17, 15) is 19.2 Å². The molecule has 0 aliphatic carbocycles. The highest BCUT2D eigenvalue weighted by atomic mass is 16.6. The molecule has 10 heteroatoms. The number of hydrogen-bond donors (Lipinski definition) is 2. The van der Waals surface area contributed by atoms with Crippen LogP contribution in [-0.2, 0) is 19.1 Å². The van der Waals surface area contributed by atoms with Gasteiger partial charge in [-0.25, -0.2) is 9.59 Å². The van der Waals surface area contributed by atoms with E-state index in [0.29, 0.717) is 0 Å². The van der Waals surface area contributed by atoms with E-state index in [1.165, 1.54) is 0 Å². The first kappa shape index (κ1) is 23.5. The average molecular weight is 376 g/mol. The first-order valence-corrected chi connectivity index (χ1v) is 8.00. The lowest BCUT2D eigenvalue weighted by molar-refractivity contribution is -0.139. The van der Waals surface area contributed by atoms with Gasteiger partial charge < -0.3 is 19.7 Å². The average Bonchev–Trinajstić information content (AvgIpc) is 2.36. The van der Waals surface area contributed by atoms with Crippen LogP contribution in [0.5, 0.6) is 0 Å². The van der Waals surface area contributed by atoms with E-state index in [1.807, 2.05) is 0 Å². The van der Waals surface area contributed by atoms with Crippen LogP contribution in [0.4, 0.5) is 9.59 Å². The van der Waals surface area contributed by atoms with Crippen molar-refractivity contribution in [2.45, 2.75) is 52.7 Å². The highest BCUT2D eigenvalue weighted by Crippen LogP contribution is 2.12. The SMILES string of the molecule is CC(C)(C)OC(=O)N(CCN(CC(=O)O)C(=O)OC(C)(C)C)CC(=O)O. The Labute approximate surface area is 152 Å². The third kappa shape index (κ3) is 11.1. The van der Waals surface area contributed by atoms with Gasteiger partial charge >= 0.3 is 24.1 Å². The lowest BCUT2D eigenvalue weighted by atomic mass is 10.2. The summed E-state index contributed by atoms with van der Waals surface area (Å²) in [6.07, 6.45) is -1.75. The van der Waals surface area contributed by atoms with E-state index in [1.54, 1.807) is 41.5 Å². The van der Waals surface area contributed by atoms with Crippen molar-refractivity contribution in [3.63, 3.8) is 0 Å². The Bertz CT molecular complexity index is 485. The van der Waals surface area contributed by atoms with E-state index >= 15 is 0 Å². The molecule has 10 nitrogen and oxygen atoms in total. The number of aliphatic carboxylic acids is 2. The molecule has 150 valence electrons. The minimum atomic E-state index is -1.27. The highest BCUT2D eigenvalue weighted by Gasteiger charge is 2.27. The van der Waals surface area contributed by atoms with Crippen molar-refractivity contribution in [3.05, 3.63) is 0 Å². The summed E-state index contributed by atoms with van der Waals surface area (Å²) in [6.45, 7) is 8.00. The maximum absolute atomic E-state index is 12.1. The molecule has 0 unspecified atom stereocenters. The summed E-state index contributed by atoms with van der Waals surface area (Å²) in [5.74, 6) is -2.53. The maximum Gasteiger partial charge on any atom is 0.410 e. The lowest BCUT2D eigenvalue weighted by Gasteiger charge is -2.30. The second-order valence-electron chi connectivity index (χ2n) is 7.59. The van der Waals surface area contributed by atoms with Gasteiger partial charge in [0.25, 0.3) is 0 Å². The Hall–Kier alpha value is -2.52. The predicted octanol–water partition coefficient (Wildman–Crippen LogP) is 1.63. The number of carbonyl (C=O) groups excluding carboxylic acids is 2. The van der Waals surface area contributed by atoms with Crippen molar-refractivity contribution >= 4 is 24.1 Å². The summed E-state index contributed by atoms with van der Waals surface area (Å²) >= 11 is 0. The van der Waals surface area contributed by atoms with E-state index < -0.39 is 48.4 Å². The summed E-state index contributed by atoms with van der Waals surface area (Å²) in [7, 11) is 0. The first-order valence-electron chi connectivity index (χ1n) is 8.00. The van der Waals surface area contributed by atoms with Crippen LogP contribution in [0.2, 0.25) is 0 Å². The molecule has 0 aliphatic rings. The Kier molecular flexibility index (Phi) is 8.36. The molecule has 0 spiro atoms. The summed E-state index contributed by atoms with van der Waals surface area (Å²) in [5, 5.41) is 17.9. The molecule has 0 radical (unpaired) electrons. The molecule has 0 saturated heterocycles. The Balaban J connectivity index is 5.14. The Morgan fingerprint density at radius 1 is 0.692 bits per heavy atom. The molecule has 0 fully saturated rings. The fourth-order valence-electron chi connectivity index (χ4n) is 1.69. The van der Waals surface area contributed by atoms with Crippen LogP contribution in [-0.4, -0.2) is 81.5 Å². The van der Waals surface area contributed by atoms with Gasteiger partial charge in [-0.2, -0.15) is 0 Å². The van der Waals surface area contributed by atoms with Crippen LogP contribution in [0.3, 0.4) is 0 Å². The van der Waals surface area contributed by atoms with Gasteiger partial charge in [0.05, 0.1) is 0 Å². The van der Waals surface area contributed by atoms with Gasteiger partial charge in [0, 0.05) is 13.1 Å². The van der Waals surface area contributed by atoms with Gasteiger partial charge in [-0.1, -0.05) is 0 Å². The molecular weight excluding hydrogens is 348 g/mol. The summed E-state index contributed by atoms with van der Waals surface area (Å²) in [5.41, 5.74) is -1.67. The number of carboxylic acids is 2. The number of carbonyl (C=O) groups is 4. The molecule has 0 heterocycles. The smallest absolute Gasteiger partial charge is 0.410 e. The number of nitrogens with zero attached hydrogens (tertiary/aromatic N) is 2. The van der Waals surface area contributed by atoms with Gasteiger partial charge in [0.1, 0.15) is 24.3 Å². The third-order valence-electron chi connectivity index (χ3n) is 2.60. The molecule has 0 rings (SSSR count). The quantitative estimate of drug-likeness (QED) is 0.685. The maximum atomic E-state index is 12.1. The Morgan fingerprint density at radius 2 is 0.962 bits per heavy atom. The van der Waals surface area contributed by atoms with Gasteiger partial charge in [-0.15, -0.1) is 0 Å². The minimum absolute atomic E-state index is 0.228. The van der Waals surface area contributed by atoms with Crippen molar-refractivity contribution in [1.29, 1.82) is 0 Å². The van der Waals surface area contributed by atoms with Crippen LogP contribution in [0, 0.1) is 0 Å². The molecule has 0 aliphatic heterocycles. The molecule has 0 aromatic rings. The summed E-state index contributed by atoms with van der Waals surface area (Å²) < 4.78 is 10.3. The zero-order valence-corrected chi connectivity index (χ0v) is 16.1. The number of hydrogen-bond acceptors (Lipinski definition) is 6. The minimum Gasteiger partial charge on any atom is -0.480 e. The predicted molar refractivity (Wildman–Crippen MR) is 90.9 cm³/mol. The number of amides is 2. The molecule has 0 aromatic carbocycles. The second kappa shape index (κ2) is 9.25. The molecule has 2 amide bonds. The van der Waals surface area contributed by atoms with Crippen LogP contribution < -0.4 is 0 Å². The molecule has 0 saturated carbocycles. The van der Waals surface area contributed by atoms with Crippen molar-refractivity contribution in [2.24, 2.45) is 0 Å². The van der Waals surface area contributed by atoms with Gasteiger partial charge in [0.2, 0.25) is 0 Å². The van der Waals surface area contributed by atoms with Gasteiger partial charge in [-0.3, -0.25) is 19.4 Å². The van der Waals surface area contributed by atoms with Crippen molar-refractivity contribution in [3.8, 4) is 0 Å². The lowest BCUT2D eigenvalue weighted by Crippen LogP contribution is -2.47. The molecule has 0 aromatic heterocycles. The van der Waals surface area contributed by atoms with Crippen LogP contribution >= 0.6 is 0 Å². The van der Waals surface area contributed by atoms with E-state index in [0.717, 1.165) is 9.80 Å². The van der Waals surface area contributed by atoms with Crippen molar-refractivity contribution in [1.82, 2.24) is 9.80 Å². The molecular formula is C16H28N2O8. The molecule has 26 heavy (non-hydrogen) atoms. The fourth-order valence-corrected chi connectivity index (χ4v) is 1.69. The van der Waals surface area contributed by atoms with E-state index in [-0.39, 0.29) is 13.1 Å². The topological polar surface area (TPSA) is 134 Å². The van der Waals surface area contributed by atoms with Crippen LogP contribution in [0.1, 0.15) is 41.5 Å². The highest BCUT2D eigenvalue weighted by molar-refractivity contribution is 5.78. The summed E-state index contributed by atoms with van der Waals surface area (Å²) in [4.78, 5) is 47.9. The summed E-state index contributed by atoms with van der Waals surface area (Å²) in [6, 6.07) is 0. The van der Waals surface area contributed by atoms with E-state index in [2.05, 4.69) is 0 Å². The van der Waals surface area contributed by atoms with Gasteiger partial charge in [0.15, 0.2) is 0 Å². The standard InChI is InChI=1S/C16H28N2O8/c1-15(2,3)25-13(23)17(9-11(19)20)7-8-18(10-12(21)22)14(24)26-16(4,5)6/h7-10H2,1-6H3,(H,19,20)(H,21,22). The largest absolute Gasteiger partial charge is 0.480 e. The first-order chi connectivity index (χ1) is 11.6. The van der Waals surface area contributed by atoms with Crippen LogP contribution in [0.25, 0.3) is 0 Å². The number of rotatable bonds is 7. The number of ether oxygens (including phenoxy) is 2. The fraction of sp³-hybridized carbons (Fsp3) is 0.750. The van der Waals surface area contributed by atoms with Crippen molar-refractivity contribution in [2.75, 3.05) is 26.2 Å². The van der Waals surface area contributed by atoms with Gasteiger partial charge in [-0.05, 0) is 41.5 Å². The van der Waals surface area contributed by atoms with Crippen molar-refractivity contribution < 1.29 is 38.9 Å². The molecule has 0 bridgehead atoms. The molecule has 0 atom stereocenters. The van der Waals surface area contributed by atoms with E-state index in [4.69, 9.17) is 19.7 Å². The third-order valence-corrected chi connectivity index (χ3v) is 2.60. The Morgan fingerprint density at radius 3 is 1.15 bits per heavy atom. The zero-order valence-electron chi connectivity index (χ0n) is 16.1. The number of carboxylic acid groups (broad SMARTS) is 2. The second-order valence-corrected chi connectivity index (χ2v) is 7.59. The zero-order chi connectivity index (χ0) is 20.7. The molecule has 2 N–H and O–H groups in total. The van der Waals surface area contributed by atoms with Crippen LogP contribution in [0.15, 0.2) is 0 Å². The normalized spacial score (nSPS) is 11.5.